The monoisotopic (exact) mass is 472 g/mol. The van der Waals surface area contributed by atoms with Crippen LogP contribution in [0.25, 0.3) is 11.4 Å². The van der Waals surface area contributed by atoms with Crippen molar-refractivity contribution < 1.29 is 9.53 Å². The van der Waals surface area contributed by atoms with E-state index in [1.165, 1.54) is 0 Å². The van der Waals surface area contributed by atoms with Gasteiger partial charge < -0.3 is 15.4 Å². The van der Waals surface area contributed by atoms with Crippen molar-refractivity contribution in [2.75, 3.05) is 17.7 Å². The van der Waals surface area contributed by atoms with Gasteiger partial charge in [0.2, 0.25) is 5.95 Å². The Hall–Kier alpha value is -4.17. The minimum absolute atomic E-state index is 0.260. The van der Waals surface area contributed by atoms with Gasteiger partial charge in [0.05, 0.1) is 24.6 Å². The maximum atomic E-state index is 13.5. The molecule has 0 bridgehead atoms. The quantitative estimate of drug-likeness (QED) is 0.427. The van der Waals surface area contributed by atoms with Gasteiger partial charge in [-0.25, -0.2) is 4.68 Å². The highest BCUT2D eigenvalue weighted by atomic mass is 35.5. The highest BCUT2D eigenvalue weighted by molar-refractivity contribution is 6.30. The Morgan fingerprint density at radius 3 is 2.68 bits per heavy atom. The number of allylic oxidation sites excluding steroid dienone is 1. The molecule has 0 radical (unpaired) electrons. The number of ether oxygens (including phenoxy) is 1. The van der Waals surface area contributed by atoms with Crippen molar-refractivity contribution in [3.8, 4) is 17.1 Å². The number of benzene rings is 2. The molecule has 170 valence electrons. The molecule has 0 spiro atoms. The van der Waals surface area contributed by atoms with Gasteiger partial charge in [0.25, 0.3) is 5.91 Å². The lowest BCUT2D eigenvalue weighted by Crippen LogP contribution is -2.31. The highest BCUT2D eigenvalue weighted by Crippen LogP contribution is 2.37. The number of rotatable bonds is 5. The van der Waals surface area contributed by atoms with E-state index in [1.807, 2.05) is 49.4 Å². The number of methoxy groups -OCH3 is 1. The molecule has 1 atom stereocenters. The fourth-order valence-electron chi connectivity index (χ4n) is 3.92. The third-order valence-electron chi connectivity index (χ3n) is 5.53. The number of aromatic nitrogens is 4. The predicted octanol–water partition coefficient (Wildman–Crippen LogP) is 4.93. The zero-order valence-corrected chi connectivity index (χ0v) is 19.2. The van der Waals surface area contributed by atoms with E-state index >= 15 is 0 Å². The molecule has 8 nitrogen and oxygen atoms in total. The Morgan fingerprint density at radius 1 is 1.15 bits per heavy atom. The number of pyridine rings is 1. The molecule has 0 saturated carbocycles. The van der Waals surface area contributed by atoms with Gasteiger partial charge in [0, 0.05) is 22.5 Å². The smallest absolute Gasteiger partial charge is 0.255 e. The van der Waals surface area contributed by atoms with Crippen LogP contribution in [0.15, 0.2) is 84.3 Å². The molecule has 1 aliphatic heterocycles. The Balaban J connectivity index is 1.60. The number of carbonyl (C=O) groups is 1. The number of fused-ring (bicyclic) bond motifs is 1. The third kappa shape index (κ3) is 4.11. The van der Waals surface area contributed by atoms with E-state index < -0.39 is 6.04 Å². The molecule has 0 fully saturated rings. The lowest BCUT2D eigenvalue weighted by Gasteiger charge is -2.28. The van der Waals surface area contributed by atoms with Crippen LogP contribution < -0.4 is 15.4 Å². The van der Waals surface area contributed by atoms with Crippen LogP contribution in [-0.2, 0) is 4.79 Å². The van der Waals surface area contributed by atoms with Crippen molar-refractivity contribution in [2.45, 2.75) is 13.0 Å². The number of nitrogens with one attached hydrogen (secondary N) is 2. The van der Waals surface area contributed by atoms with E-state index in [2.05, 4.69) is 20.6 Å². The van der Waals surface area contributed by atoms with Crippen LogP contribution in [0.5, 0.6) is 5.75 Å². The van der Waals surface area contributed by atoms with E-state index in [0.29, 0.717) is 33.8 Å². The Labute approximate surface area is 201 Å². The second-order valence-electron chi connectivity index (χ2n) is 7.75. The molecule has 2 aromatic heterocycles. The van der Waals surface area contributed by atoms with E-state index in [9.17, 15) is 4.79 Å². The van der Waals surface area contributed by atoms with Crippen molar-refractivity contribution in [3.63, 3.8) is 0 Å². The molecule has 5 rings (SSSR count). The van der Waals surface area contributed by atoms with Gasteiger partial charge >= 0.3 is 0 Å². The van der Waals surface area contributed by atoms with Crippen molar-refractivity contribution in [3.05, 3.63) is 94.9 Å². The Morgan fingerprint density at radius 2 is 1.97 bits per heavy atom. The molecule has 4 aromatic rings. The highest BCUT2D eigenvalue weighted by Gasteiger charge is 2.34. The van der Waals surface area contributed by atoms with Crippen LogP contribution in [0.1, 0.15) is 18.5 Å². The summed E-state index contributed by atoms with van der Waals surface area (Å²) in [6, 6.07) is 18.0. The van der Waals surface area contributed by atoms with Crippen LogP contribution in [0.3, 0.4) is 0 Å². The summed E-state index contributed by atoms with van der Waals surface area (Å²) in [4.78, 5) is 22.2. The largest absolute Gasteiger partial charge is 0.497 e. The average Bonchev–Trinajstić information content (AvgIpc) is 3.27. The first kappa shape index (κ1) is 21.7. The van der Waals surface area contributed by atoms with Gasteiger partial charge in [-0.15, -0.1) is 5.10 Å². The molecule has 1 amide bonds. The summed E-state index contributed by atoms with van der Waals surface area (Å²) in [5, 5.41) is 11.5. The summed E-state index contributed by atoms with van der Waals surface area (Å²) >= 11 is 6.18. The molecular formula is C25H21ClN6O2. The van der Waals surface area contributed by atoms with Crippen LogP contribution in [-0.4, -0.2) is 32.8 Å². The van der Waals surface area contributed by atoms with Gasteiger partial charge in [-0.2, -0.15) is 4.98 Å². The third-order valence-corrected chi connectivity index (χ3v) is 5.77. The molecule has 0 aliphatic carbocycles. The topological polar surface area (TPSA) is 94.0 Å². The Bertz CT molecular complexity index is 1380. The van der Waals surface area contributed by atoms with Crippen LogP contribution >= 0.6 is 11.6 Å². The number of anilines is 2. The van der Waals surface area contributed by atoms with Crippen molar-refractivity contribution >= 4 is 29.1 Å². The summed E-state index contributed by atoms with van der Waals surface area (Å²) in [6.45, 7) is 1.85. The van der Waals surface area contributed by atoms with Crippen LogP contribution in [0.2, 0.25) is 5.02 Å². The number of nitrogens with zero attached hydrogens (tertiary/aromatic N) is 4. The standard InChI is InChI=1S/C25H21ClN6O2/c1-15-21(24(33)29-19-7-4-12-27-14-19)22(16-8-10-20(34-2)11-9-16)32-25(28-15)30-23(31-32)17-5-3-6-18(26)13-17/h3-14,22H,1-2H3,(H,29,33)(H,28,30,31). The molecule has 3 heterocycles. The fourth-order valence-corrected chi connectivity index (χ4v) is 4.11. The SMILES string of the molecule is COc1ccc(C2C(C(=O)Nc3cccnc3)=C(C)Nc3nc(-c4cccc(Cl)c4)nn32)cc1. The summed E-state index contributed by atoms with van der Waals surface area (Å²) in [7, 11) is 1.61. The van der Waals surface area contributed by atoms with Gasteiger partial charge in [-0.05, 0) is 48.9 Å². The van der Waals surface area contributed by atoms with Gasteiger partial charge in [0.1, 0.15) is 11.8 Å². The van der Waals surface area contributed by atoms with Crippen LogP contribution in [0.4, 0.5) is 11.6 Å². The number of hydrogen-bond donors (Lipinski definition) is 2. The molecule has 9 heteroatoms. The van der Waals surface area contributed by atoms with Gasteiger partial charge in [-0.1, -0.05) is 35.9 Å². The molecule has 2 aromatic carbocycles. The van der Waals surface area contributed by atoms with Crippen molar-refractivity contribution in [1.29, 1.82) is 0 Å². The summed E-state index contributed by atoms with van der Waals surface area (Å²) < 4.78 is 7.04. The maximum absolute atomic E-state index is 13.5. The Kier molecular flexibility index (Phi) is 5.73. The zero-order chi connectivity index (χ0) is 23.7. The first-order valence-electron chi connectivity index (χ1n) is 10.6. The first-order valence-corrected chi connectivity index (χ1v) is 11.0. The van der Waals surface area contributed by atoms with E-state index in [4.69, 9.17) is 21.4 Å². The van der Waals surface area contributed by atoms with Crippen molar-refractivity contribution in [1.82, 2.24) is 19.7 Å². The van der Waals surface area contributed by atoms with E-state index in [-0.39, 0.29) is 5.91 Å². The normalized spacial score (nSPS) is 14.9. The lowest BCUT2D eigenvalue weighted by atomic mass is 9.95. The maximum Gasteiger partial charge on any atom is 0.255 e. The van der Waals surface area contributed by atoms with E-state index in [1.54, 1.807) is 42.4 Å². The second kappa shape index (κ2) is 8.99. The summed E-state index contributed by atoms with van der Waals surface area (Å²) in [6.07, 6.45) is 3.26. The molecular weight excluding hydrogens is 452 g/mol. The molecule has 1 aliphatic rings. The number of carbonyl (C=O) groups excluding carboxylic acids is 1. The van der Waals surface area contributed by atoms with Gasteiger partial charge in [-0.3, -0.25) is 9.78 Å². The number of hydrogen-bond acceptors (Lipinski definition) is 6. The first-order chi connectivity index (χ1) is 16.5. The fraction of sp³-hybridized carbons (Fsp3) is 0.120. The average molecular weight is 473 g/mol. The van der Waals surface area contributed by atoms with Crippen molar-refractivity contribution in [2.24, 2.45) is 0 Å². The molecule has 2 N–H and O–H groups in total. The molecule has 1 unspecified atom stereocenters. The molecule has 0 saturated heterocycles. The number of halogens is 1. The zero-order valence-electron chi connectivity index (χ0n) is 18.5. The minimum atomic E-state index is -0.515. The predicted molar refractivity (Wildman–Crippen MR) is 131 cm³/mol. The van der Waals surface area contributed by atoms with E-state index in [0.717, 1.165) is 16.9 Å². The minimum Gasteiger partial charge on any atom is -0.497 e. The second-order valence-corrected chi connectivity index (χ2v) is 8.19. The number of amides is 1. The summed E-state index contributed by atoms with van der Waals surface area (Å²) in [5.41, 5.74) is 3.44. The van der Waals surface area contributed by atoms with Gasteiger partial charge in [0.15, 0.2) is 5.82 Å². The van der Waals surface area contributed by atoms with Crippen LogP contribution in [0, 0.1) is 0 Å². The summed E-state index contributed by atoms with van der Waals surface area (Å²) in [5.74, 6) is 1.50. The lowest BCUT2D eigenvalue weighted by molar-refractivity contribution is -0.113. The molecule has 34 heavy (non-hydrogen) atoms.